The Hall–Kier alpha value is -9.32. The highest BCUT2D eigenvalue weighted by atomic mass is 19.4. The molecule has 0 atom stereocenters. The van der Waals surface area contributed by atoms with Crippen LogP contribution in [0.2, 0.25) is 0 Å². The highest BCUT2D eigenvalue weighted by molar-refractivity contribution is 6.15. The second-order valence-electron chi connectivity index (χ2n) is 17.9. The van der Waals surface area contributed by atoms with Crippen molar-refractivity contribution in [2.75, 3.05) is 0 Å². The number of fused-ring (bicyclic) bond motifs is 12. The van der Waals surface area contributed by atoms with Gasteiger partial charge in [-0.05, 0) is 90.5 Å². The van der Waals surface area contributed by atoms with E-state index in [0.717, 1.165) is 98.6 Å². The number of benzene rings is 10. The van der Waals surface area contributed by atoms with Gasteiger partial charge in [-0.2, -0.15) is 18.4 Å². The summed E-state index contributed by atoms with van der Waals surface area (Å²) in [6.07, 6.45) is -4.74. The first-order valence-electron chi connectivity index (χ1n) is 23.1. The Labute approximate surface area is 397 Å². The number of halogens is 3. The fraction of sp³-hybridized carbons (Fsp3) is 0.0161. The van der Waals surface area contributed by atoms with Crippen molar-refractivity contribution in [3.8, 4) is 39.9 Å². The Morgan fingerprint density at radius 2 is 0.671 bits per heavy atom. The van der Waals surface area contributed by atoms with Crippen LogP contribution >= 0.6 is 0 Å². The highest BCUT2D eigenvalue weighted by Crippen LogP contribution is 2.47. The number of nitrogens with zero attached hydrogens (tertiary/aromatic N) is 5. The molecule has 0 bridgehead atoms. The molecule has 0 unspecified atom stereocenters. The van der Waals surface area contributed by atoms with E-state index in [1.165, 1.54) is 12.1 Å². The highest BCUT2D eigenvalue weighted by Gasteiger charge is 2.34. The number of rotatable bonds is 5. The number of hydrogen-bond donors (Lipinski definition) is 0. The van der Waals surface area contributed by atoms with Gasteiger partial charge in [0.2, 0.25) is 0 Å². The number of hydrogen-bond acceptors (Lipinski definition) is 1. The van der Waals surface area contributed by atoms with Crippen LogP contribution in [0.15, 0.2) is 218 Å². The second kappa shape index (κ2) is 14.8. The predicted octanol–water partition coefficient (Wildman–Crippen LogP) is 16.6. The molecule has 0 saturated heterocycles. The summed E-state index contributed by atoms with van der Waals surface area (Å²) in [5.74, 6) is 0. The van der Waals surface area contributed by atoms with Crippen LogP contribution < -0.4 is 0 Å². The van der Waals surface area contributed by atoms with Crippen molar-refractivity contribution in [2.45, 2.75) is 6.18 Å². The van der Waals surface area contributed by atoms with Crippen LogP contribution in [0.3, 0.4) is 0 Å². The Balaban J connectivity index is 1.13. The van der Waals surface area contributed by atoms with Gasteiger partial charge in [0.25, 0.3) is 0 Å². The summed E-state index contributed by atoms with van der Waals surface area (Å²) in [6, 6.07) is 73.6. The van der Waals surface area contributed by atoms with E-state index in [9.17, 15) is 5.26 Å². The summed E-state index contributed by atoms with van der Waals surface area (Å²) >= 11 is 0. The molecule has 5 nitrogen and oxygen atoms in total. The molecule has 8 heteroatoms. The van der Waals surface area contributed by atoms with Crippen LogP contribution in [-0.2, 0) is 6.18 Å². The largest absolute Gasteiger partial charge is 0.416 e. The summed E-state index contributed by atoms with van der Waals surface area (Å²) in [6.45, 7) is 0. The molecule has 4 aromatic heterocycles. The van der Waals surface area contributed by atoms with Crippen molar-refractivity contribution in [3.05, 3.63) is 230 Å². The SMILES string of the molecule is N#Cc1cccc(-c2c(-n3c4ccccc4c4ccc(-n5c6ccccc6c6ccccc65)cc43)cc(C(F)(F)F)cc2-n2c3ccccc3c3ccc(-n4c5ccccc5c5ccccc54)cc32)c1. The third kappa shape index (κ3) is 5.72. The van der Waals surface area contributed by atoms with E-state index in [-0.39, 0.29) is 0 Å². The summed E-state index contributed by atoms with van der Waals surface area (Å²) < 4.78 is 56.3. The van der Waals surface area contributed by atoms with Crippen LogP contribution in [0.4, 0.5) is 13.2 Å². The lowest BCUT2D eigenvalue weighted by atomic mass is 9.96. The molecule has 0 spiro atoms. The first-order valence-corrected chi connectivity index (χ1v) is 23.1. The monoisotopic (exact) mass is 907 g/mol. The minimum atomic E-state index is -4.74. The summed E-state index contributed by atoms with van der Waals surface area (Å²) in [4.78, 5) is 0. The average Bonchev–Trinajstić information content (AvgIpc) is 4.12. The van der Waals surface area contributed by atoms with Crippen molar-refractivity contribution < 1.29 is 13.2 Å². The maximum Gasteiger partial charge on any atom is 0.416 e. The van der Waals surface area contributed by atoms with Gasteiger partial charge in [-0.1, -0.05) is 133 Å². The first kappa shape index (κ1) is 39.8. The maximum absolute atomic E-state index is 16.0. The zero-order valence-corrected chi connectivity index (χ0v) is 37.2. The molecule has 10 aromatic carbocycles. The zero-order valence-electron chi connectivity index (χ0n) is 37.2. The zero-order chi connectivity index (χ0) is 46.8. The topological polar surface area (TPSA) is 43.5 Å². The van der Waals surface area contributed by atoms with Gasteiger partial charge < -0.3 is 18.3 Å². The van der Waals surface area contributed by atoms with Gasteiger partial charge in [0.15, 0.2) is 0 Å². The fourth-order valence-electron chi connectivity index (χ4n) is 11.3. The van der Waals surface area contributed by atoms with Crippen molar-refractivity contribution >= 4 is 87.2 Å². The van der Waals surface area contributed by atoms with Gasteiger partial charge in [0.05, 0.1) is 72.7 Å². The maximum atomic E-state index is 16.0. The Kier molecular flexibility index (Phi) is 8.44. The molecule has 0 aliphatic rings. The lowest BCUT2D eigenvalue weighted by Crippen LogP contribution is -2.11. The Morgan fingerprint density at radius 3 is 1.03 bits per heavy atom. The first-order chi connectivity index (χ1) is 34.3. The summed E-state index contributed by atoms with van der Waals surface area (Å²) in [5.41, 5.74) is 10.2. The van der Waals surface area contributed by atoms with Crippen molar-refractivity contribution in [3.63, 3.8) is 0 Å². The fourth-order valence-corrected chi connectivity index (χ4v) is 11.3. The summed E-state index contributed by atoms with van der Waals surface area (Å²) in [7, 11) is 0. The van der Waals surface area contributed by atoms with Gasteiger partial charge in [0, 0.05) is 60.0 Å². The Bertz CT molecular complexity index is 4190. The number of para-hydroxylation sites is 6. The predicted molar refractivity (Wildman–Crippen MR) is 279 cm³/mol. The molecular formula is C62H36F3N5. The summed E-state index contributed by atoms with van der Waals surface area (Å²) in [5, 5.41) is 18.4. The third-order valence-corrected chi connectivity index (χ3v) is 14.2. The molecule has 0 aliphatic heterocycles. The van der Waals surface area contributed by atoms with E-state index in [4.69, 9.17) is 0 Å². The molecule has 4 heterocycles. The van der Waals surface area contributed by atoms with Crippen LogP contribution in [0.25, 0.3) is 121 Å². The van der Waals surface area contributed by atoms with Crippen LogP contribution in [0, 0.1) is 11.3 Å². The average molecular weight is 908 g/mol. The molecule has 0 N–H and O–H groups in total. The molecule has 330 valence electrons. The molecule has 14 aromatic rings. The normalized spacial score (nSPS) is 12.2. The van der Waals surface area contributed by atoms with Crippen LogP contribution in [0.1, 0.15) is 11.1 Å². The van der Waals surface area contributed by atoms with Gasteiger partial charge in [0.1, 0.15) is 0 Å². The molecule has 14 rings (SSSR count). The quantitative estimate of drug-likeness (QED) is 0.170. The molecule has 0 aliphatic carbocycles. The van der Waals surface area contributed by atoms with E-state index < -0.39 is 11.7 Å². The van der Waals surface area contributed by atoms with Gasteiger partial charge in [-0.3, -0.25) is 0 Å². The Morgan fingerprint density at radius 1 is 0.329 bits per heavy atom. The van der Waals surface area contributed by atoms with Crippen LogP contribution in [0.5, 0.6) is 0 Å². The van der Waals surface area contributed by atoms with E-state index in [0.29, 0.717) is 28.1 Å². The van der Waals surface area contributed by atoms with Crippen molar-refractivity contribution in [1.82, 2.24) is 18.3 Å². The molecule has 0 amide bonds. The number of aromatic nitrogens is 4. The van der Waals surface area contributed by atoms with Gasteiger partial charge in [-0.25, -0.2) is 0 Å². The smallest absolute Gasteiger partial charge is 0.309 e. The minimum Gasteiger partial charge on any atom is -0.309 e. The van der Waals surface area contributed by atoms with Crippen LogP contribution in [-0.4, -0.2) is 18.3 Å². The van der Waals surface area contributed by atoms with Gasteiger partial charge >= 0.3 is 6.18 Å². The molecule has 0 radical (unpaired) electrons. The molecule has 0 saturated carbocycles. The van der Waals surface area contributed by atoms with Crippen molar-refractivity contribution in [1.29, 1.82) is 5.26 Å². The van der Waals surface area contributed by atoms with E-state index in [2.05, 4.69) is 100 Å². The lowest BCUT2D eigenvalue weighted by Gasteiger charge is -2.23. The van der Waals surface area contributed by atoms with E-state index in [1.807, 2.05) is 112 Å². The number of nitriles is 1. The lowest BCUT2D eigenvalue weighted by molar-refractivity contribution is -0.137. The molecular weight excluding hydrogens is 872 g/mol. The number of alkyl halides is 3. The van der Waals surface area contributed by atoms with Gasteiger partial charge in [-0.15, -0.1) is 0 Å². The standard InChI is InChI=1S/C62H36F3N5/c63-62(64,65)40-33-59(69-55-26-11-5-20-47(55)49-30-28-41(35-57(49)69)67-51-22-7-1-16-43(51)44-17-2-8-23-52(44)67)61(39-15-13-14-38(32-39)37-66)60(34-40)70-56-27-12-6-21-48(56)50-31-29-42(36-58(50)70)68-53-24-9-3-18-45(53)46-19-4-10-25-54(46)68/h1-36H. The third-order valence-electron chi connectivity index (χ3n) is 14.2. The molecule has 70 heavy (non-hydrogen) atoms. The van der Waals surface area contributed by atoms with E-state index >= 15 is 13.2 Å². The molecule has 0 fully saturated rings. The van der Waals surface area contributed by atoms with Crippen molar-refractivity contribution in [2.24, 2.45) is 0 Å². The second-order valence-corrected chi connectivity index (χ2v) is 17.9. The minimum absolute atomic E-state index is 0.329. The van der Waals surface area contributed by atoms with E-state index in [1.54, 1.807) is 18.2 Å².